The predicted octanol–water partition coefficient (Wildman–Crippen LogP) is 0.259. The predicted molar refractivity (Wildman–Crippen MR) is 98.5 cm³/mol. The highest BCUT2D eigenvalue weighted by Gasteiger charge is 2.17. The van der Waals surface area contributed by atoms with Gasteiger partial charge in [-0.3, -0.25) is 9.59 Å². The SMILES string of the molecule is CC(C)NC(=O)CN=C(NCC(=O)N(C)C)N1CCCC1.I. The second-order valence-corrected chi connectivity index (χ2v) is 5.70. The van der Waals surface area contributed by atoms with E-state index in [0.717, 1.165) is 25.9 Å². The van der Waals surface area contributed by atoms with E-state index >= 15 is 0 Å². The fourth-order valence-electron chi connectivity index (χ4n) is 2.02. The molecule has 0 atom stereocenters. The number of guanidine groups is 1. The Labute approximate surface area is 149 Å². The van der Waals surface area contributed by atoms with Crippen molar-refractivity contribution in [3.05, 3.63) is 0 Å². The smallest absolute Gasteiger partial charge is 0.242 e. The van der Waals surface area contributed by atoms with E-state index in [1.54, 1.807) is 14.1 Å². The molecule has 128 valence electrons. The summed E-state index contributed by atoms with van der Waals surface area (Å²) in [5.41, 5.74) is 0. The molecule has 0 aliphatic carbocycles. The Morgan fingerprint density at radius 2 is 1.82 bits per heavy atom. The topological polar surface area (TPSA) is 77.0 Å². The standard InChI is InChI=1S/C14H27N5O2.HI/c1-11(2)17-12(20)9-15-14(19-7-5-6-8-19)16-10-13(21)18(3)4;/h11H,5-10H2,1-4H3,(H,15,16)(H,17,20);1H. The fourth-order valence-corrected chi connectivity index (χ4v) is 2.02. The Morgan fingerprint density at radius 3 is 2.32 bits per heavy atom. The molecule has 7 nitrogen and oxygen atoms in total. The molecule has 22 heavy (non-hydrogen) atoms. The molecule has 1 fully saturated rings. The van der Waals surface area contributed by atoms with Crippen LogP contribution in [0.2, 0.25) is 0 Å². The number of likely N-dealkylation sites (tertiary alicyclic amines) is 1. The van der Waals surface area contributed by atoms with Gasteiger partial charge in [-0.2, -0.15) is 0 Å². The van der Waals surface area contributed by atoms with Crippen LogP contribution in [0.5, 0.6) is 0 Å². The minimum Gasteiger partial charge on any atom is -0.352 e. The lowest BCUT2D eigenvalue weighted by Gasteiger charge is -2.22. The Balaban J connectivity index is 0.00000441. The summed E-state index contributed by atoms with van der Waals surface area (Å²) in [5, 5.41) is 5.86. The molecular formula is C14H28IN5O2. The number of carbonyl (C=O) groups is 2. The molecule has 1 aliphatic heterocycles. The average Bonchev–Trinajstić information content (AvgIpc) is 2.91. The largest absolute Gasteiger partial charge is 0.352 e. The van der Waals surface area contributed by atoms with E-state index in [0.29, 0.717) is 5.96 Å². The molecule has 1 heterocycles. The first-order valence-electron chi connectivity index (χ1n) is 7.43. The number of nitrogens with one attached hydrogen (secondary N) is 2. The summed E-state index contributed by atoms with van der Waals surface area (Å²) in [6.07, 6.45) is 2.22. The lowest BCUT2D eigenvalue weighted by atomic mass is 10.4. The zero-order valence-electron chi connectivity index (χ0n) is 13.9. The second kappa shape index (κ2) is 10.6. The average molecular weight is 425 g/mol. The van der Waals surface area contributed by atoms with Gasteiger partial charge in [0, 0.05) is 33.2 Å². The van der Waals surface area contributed by atoms with Crippen molar-refractivity contribution in [3.8, 4) is 0 Å². The quantitative estimate of drug-likeness (QED) is 0.377. The van der Waals surface area contributed by atoms with E-state index in [1.165, 1.54) is 4.90 Å². The van der Waals surface area contributed by atoms with Gasteiger partial charge in [-0.1, -0.05) is 0 Å². The minimum absolute atomic E-state index is 0. The molecule has 8 heteroatoms. The molecule has 0 aromatic carbocycles. The molecule has 0 radical (unpaired) electrons. The first-order valence-corrected chi connectivity index (χ1v) is 7.43. The Bertz CT molecular complexity index is 393. The lowest BCUT2D eigenvalue weighted by molar-refractivity contribution is -0.127. The van der Waals surface area contributed by atoms with Crippen LogP contribution < -0.4 is 10.6 Å². The van der Waals surface area contributed by atoms with Crippen LogP contribution in [0.15, 0.2) is 4.99 Å². The zero-order valence-corrected chi connectivity index (χ0v) is 16.2. The molecule has 0 bridgehead atoms. The number of halogens is 1. The van der Waals surface area contributed by atoms with Gasteiger partial charge in [-0.15, -0.1) is 24.0 Å². The third-order valence-corrected chi connectivity index (χ3v) is 3.12. The van der Waals surface area contributed by atoms with Crippen molar-refractivity contribution in [3.63, 3.8) is 0 Å². The van der Waals surface area contributed by atoms with Crippen LogP contribution in [0.25, 0.3) is 0 Å². The van der Waals surface area contributed by atoms with Crippen LogP contribution in [0.1, 0.15) is 26.7 Å². The summed E-state index contributed by atoms with van der Waals surface area (Å²) in [5.74, 6) is 0.512. The van der Waals surface area contributed by atoms with Crippen LogP contribution >= 0.6 is 24.0 Å². The fraction of sp³-hybridized carbons (Fsp3) is 0.786. The van der Waals surface area contributed by atoms with Gasteiger partial charge in [0.05, 0.1) is 6.54 Å². The van der Waals surface area contributed by atoms with Gasteiger partial charge in [-0.25, -0.2) is 4.99 Å². The monoisotopic (exact) mass is 425 g/mol. The molecule has 2 N–H and O–H groups in total. The molecule has 1 saturated heterocycles. The minimum atomic E-state index is -0.109. The maximum atomic E-state index is 11.7. The molecule has 0 aromatic rings. The van der Waals surface area contributed by atoms with Gasteiger partial charge in [0.15, 0.2) is 5.96 Å². The van der Waals surface area contributed by atoms with Crippen LogP contribution in [-0.4, -0.2) is 73.9 Å². The van der Waals surface area contributed by atoms with E-state index in [-0.39, 0.29) is 54.9 Å². The number of rotatable bonds is 5. The normalized spacial score (nSPS) is 14.6. The third-order valence-electron chi connectivity index (χ3n) is 3.12. The highest BCUT2D eigenvalue weighted by Crippen LogP contribution is 2.07. The van der Waals surface area contributed by atoms with Crippen LogP contribution in [0.3, 0.4) is 0 Å². The first kappa shape index (κ1) is 20.9. The van der Waals surface area contributed by atoms with Gasteiger partial charge < -0.3 is 20.4 Å². The summed E-state index contributed by atoms with van der Waals surface area (Å²) < 4.78 is 0. The maximum absolute atomic E-state index is 11.7. The Morgan fingerprint density at radius 1 is 1.23 bits per heavy atom. The molecule has 1 rings (SSSR count). The molecule has 0 unspecified atom stereocenters. The van der Waals surface area contributed by atoms with E-state index in [9.17, 15) is 9.59 Å². The van der Waals surface area contributed by atoms with Crippen molar-refractivity contribution in [1.29, 1.82) is 0 Å². The number of hydrogen-bond donors (Lipinski definition) is 2. The molecule has 0 saturated carbocycles. The lowest BCUT2D eigenvalue weighted by Crippen LogP contribution is -2.45. The van der Waals surface area contributed by atoms with Crippen LogP contribution in [0, 0.1) is 0 Å². The van der Waals surface area contributed by atoms with Gasteiger partial charge in [0.25, 0.3) is 0 Å². The number of hydrogen-bond acceptors (Lipinski definition) is 3. The molecule has 2 amide bonds. The number of nitrogens with zero attached hydrogens (tertiary/aromatic N) is 3. The summed E-state index contributed by atoms with van der Waals surface area (Å²) in [6, 6.07) is 0.103. The number of carbonyl (C=O) groups excluding carboxylic acids is 2. The van der Waals surface area contributed by atoms with Gasteiger partial charge in [0.1, 0.15) is 6.54 Å². The molecular weight excluding hydrogens is 397 g/mol. The van der Waals surface area contributed by atoms with E-state index < -0.39 is 0 Å². The van der Waals surface area contributed by atoms with E-state index in [1.807, 2.05) is 13.8 Å². The van der Waals surface area contributed by atoms with Crippen molar-refractivity contribution in [2.24, 2.45) is 4.99 Å². The van der Waals surface area contributed by atoms with Gasteiger partial charge in [-0.05, 0) is 26.7 Å². The molecule has 1 aliphatic rings. The van der Waals surface area contributed by atoms with Gasteiger partial charge in [0.2, 0.25) is 11.8 Å². The first-order chi connectivity index (χ1) is 9.90. The zero-order chi connectivity index (χ0) is 15.8. The summed E-state index contributed by atoms with van der Waals surface area (Å²) in [4.78, 5) is 31.3. The Hall–Kier alpha value is -1.06. The maximum Gasteiger partial charge on any atom is 0.242 e. The molecule has 0 aromatic heterocycles. The second-order valence-electron chi connectivity index (χ2n) is 5.70. The Kier molecular flexibility index (Phi) is 10.1. The van der Waals surface area contributed by atoms with Crippen molar-refractivity contribution >= 4 is 41.8 Å². The highest BCUT2D eigenvalue weighted by molar-refractivity contribution is 14.0. The van der Waals surface area contributed by atoms with Crippen molar-refractivity contribution in [2.75, 3.05) is 40.3 Å². The van der Waals surface area contributed by atoms with Gasteiger partial charge >= 0.3 is 0 Å². The third kappa shape index (κ3) is 7.81. The highest BCUT2D eigenvalue weighted by atomic mass is 127. The van der Waals surface area contributed by atoms with E-state index in [4.69, 9.17) is 0 Å². The van der Waals surface area contributed by atoms with Crippen molar-refractivity contribution < 1.29 is 9.59 Å². The van der Waals surface area contributed by atoms with E-state index in [2.05, 4.69) is 20.5 Å². The molecule has 0 spiro atoms. The summed E-state index contributed by atoms with van der Waals surface area (Å²) in [6.45, 7) is 5.91. The number of aliphatic imine (C=N–C) groups is 1. The van der Waals surface area contributed by atoms with Crippen LogP contribution in [0.4, 0.5) is 0 Å². The summed E-state index contributed by atoms with van der Waals surface area (Å²) in [7, 11) is 3.43. The number of likely N-dealkylation sites (N-methyl/N-ethyl adjacent to an activating group) is 1. The van der Waals surface area contributed by atoms with Crippen molar-refractivity contribution in [1.82, 2.24) is 20.4 Å². The van der Waals surface area contributed by atoms with Crippen LogP contribution in [-0.2, 0) is 9.59 Å². The number of amides is 2. The van der Waals surface area contributed by atoms with Crippen molar-refractivity contribution in [2.45, 2.75) is 32.7 Å². The summed E-state index contributed by atoms with van der Waals surface area (Å²) >= 11 is 0.